The van der Waals surface area contributed by atoms with E-state index in [0.29, 0.717) is 6.54 Å². The van der Waals surface area contributed by atoms with Gasteiger partial charge in [-0.05, 0) is 6.07 Å². The number of para-hydroxylation sites is 1. The van der Waals surface area contributed by atoms with E-state index in [4.69, 9.17) is 5.73 Å². The summed E-state index contributed by atoms with van der Waals surface area (Å²) in [7, 11) is 0. The van der Waals surface area contributed by atoms with E-state index in [1.54, 1.807) is 12.1 Å². The van der Waals surface area contributed by atoms with Crippen molar-refractivity contribution in [3.8, 4) is 5.75 Å². The summed E-state index contributed by atoms with van der Waals surface area (Å²) >= 11 is 1.90. The molecule has 1 aromatic rings. The first-order valence-corrected chi connectivity index (χ1v) is 7.43. The topological polar surface area (TPSA) is 38.5 Å². The van der Waals surface area contributed by atoms with Crippen molar-refractivity contribution in [2.75, 3.05) is 31.1 Å². The smallest absolute Gasteiger partial charge is 0.387 e. The van der Waals surface area contributed by atoms with Crippen molar-refractivity contribution in [3.63, 3.8) is 0 Å². The highest BCUT2D eigenvalue weighted by Gasteiger charge is 2.24. The normalized spacial score (nSPS) is 18.5. The van der Waals surface area contributed by atoms with Crippen LogP contribution in [0.25, 0.3) is 0 Å². The molecule has 6 heteroatoms. The van der Waals surface area contributed by atoms with Crippen LogP contribution < -0.4 is 10.5 Å². The molecule has 0 aliphatic carbocycles. The Balaban J connectivity index is 2.21. The fourth-order valence-electron chi connectivity index (χ4n) is 2.32. The molecule has 1 saturated heterocycles. The first-order valence-electron chi connectivity index (χ1n) is 6.28. The van der Waals surface area contributed by atoms with Gasteiger partial charge in [-0.2, -0.15) is 20.5 Å². The third-order valence-electron chi connectivity index (χ3n) is 3.20. The number of alkyl halides is 2. The number of nitrogens with zero attached hydrogens (tertiary/aromatic N) is 1. The lowest BCUT2D eigenvalue weighted by Gasteiger charge is -2.34. The van der Waals surface area contributed by atoms with Crippen LogP contribution in [-0.2, 0) is 0 Å². The Bertz CT molecular complexity index is 400. The fourth-order valence-corrected chi connectivity index (χ4v) is 3.25. The van der Waals surface area contributed by atoms with Crippen LogP contribution in [0.2, 0.25) is 0 Å². The molecular weight excluding hydrogens is 270 g/mol. The molecule has 1 heterocycles. The lowest BCUT2D eigenvalue weighted by molar-refractivity contribution is -0.0511. The fraction of sp³-hybridized carbons (Fsp3) is 0.538. The van der Waals surface area contributed by atoms with Gasteiger partial charge in [-0.25, -0.2) is 0 Å². The van der Waals surface area contributed by atoms with E-state index in [1.807, 2.05) is 23.9 Å². The van der Waals surface area contributed by atoms with Gasteiger partial charge >= 0.3 is 6.61 Å². The van der Waals surface area contributed by atoms with E-state index in [9.17, 15) is 8.78 Å². The van der Waals surface area contributed by atoms with Crippen molar-refractivity contribution >= 4 is 11.8 Å². The summed E-state index contributed by atoms with van der Waals surface area (Å²) in [5, 5.41) is 0. The molecule has 0 spiro atoms. The number of hydrogen-bond donors (Lipinski definition) is 1. The van der Waals surface area contributed by atoms with Crippen LogP contribution in [0.5, 0.6) is 5.75 Å². The van der Waals surface area contributed by atoms with Crippen LogP contribution in [-0.4, -0.2) is 42.7 Å². The van der Waals surface area contributed by atoms with Gasteiger partial charge in [0.25, 0.3) is 0 Å². The molecule has 1 unspecified atom stereocenters. The predicted octanol–water partition coefficient (Wildman–Crippen LogP) is 2.34. The zero-order chi connectivity index (χ0) is 13.7. The third-order valence-corrected chi connectivity index (χ3v) is 4.15. The second-order valence-electron chi connectivity index (χ2n) is 4.32. The quantitative estimate of drug-likeness (QED) is 0.902. The van der Waals surface area contributed by atoms with Gasteiger partial charge in [-0.3, -0.25) is 4.90 Å². The average Bonchev–Trinajstić information content (AvgIpc) is 2.42. The van der Waals surface area contributed by atoms with Crippen molar-refractivity contribution in [1.29, 1.82) is 0 Å². The second kappa shape index (κ2) is 7.07. The van der Waals surface area contributed by atoms with Crippen LogP contribution in [0.15, 0.2) is 24.3 Å². The zero-order valence-corrected chi connectivity index (χ0v) is 11.4. The molecule has 19 heavy (non-hydrogen) atoms. The molecule has 1 aliphatic heterocycles. The number of rotatable bonds is 5. The molecular formula is C13H18F2N2OS. The van der Waals surface area contributed by atoms with Crippen LogP contribution in [0, 0.1) is 0 Å². The molecule has 0 aromatic heterocycles. The summed E-state index contributed by atoms with van der Waals surface area (Å²) in [6.45, 7) is -0.559. The van der Waals surface area contributed by atoms with Crippen LogP contribution in [0.3, 0.4) is 0 Å². The number of hydrogen-bond acceptors (Lipinski definition) is 4. The molecule has 1 aromatic carbocycles. The van der Waals surface area contributed by atoms with Gasteiger partial charge in [0.2, 0.25) is 0 Å². The summed E-state index contributed by atoms with van der Waals surface area (Å²) in [5.41, 5.74) is 6.59. The van der Waals surface area contributed by atoms with Crippen LogP contribution in [0.1, 0.15) is 11.6 Å². The molecule has 106 valence electrons. The first-order chi connectivity index (χ1) is 9.22. The molecule has 0 radical (unpaired) electrons. The molecule has 2 N–H and O–H groups in total. The Hall–Kier alpha value is -0.850. The van der Waals surface area contributed by atoms with Gasteiger partial charge in [0.1, 0.15) is 5.75 Å². The van der Waals surface area contributed by atoms with E-state index < -0.39 is 6.61 Å². The van der Waals surface area contributed by atoms with Crippen molar-refractivity contribution in [1.82, 2.24) is 4.90 Å². The highest BCUT2D eigenvalue weighted by Crippen LogP contribution is 2.31. The Kier molecular flexibility index (Phi) is 5.42. The van der Waals surface area contributed by atoms with E-state index in [0.717, 1.165) is 30.2 Å². The molecule has 1 fully saturated rings. The van der Waals surface area contributed by atoms with E-state index in [1.165, 1.54) is 0 Å². The summed E-state index contributed by atoms with van der Waals surface area (Å²) in [6, 6.07) is 6.85. The van der Waals surface area contributed by atoms with Crippen molar-refractivity contribution in [2.24, 2.45) is 5.73 Å². The number of benzene rings is 1. The van der Waals surface area contributed by atoms with E-state index >= 15 is 0 Å². The minimum atomic E-state index is -2.81. The lowest BCUT2D eigenvalue weighted by Crippen LogP contribution is -2.39. The third kappa shape index (κ3) is 3.81. The largest absolute Gasteiger partial charge is 0.434 e. The second-order valence-corrected chi connectivity index (χ2v) is 5.54. The van der Waals surface area contributed by atoms with Crippen LogP contribution in [0.4, 0.5) is 8.78 Å². The Morgan fingerprint density at radius 3 is 2.58 bits per heavy atom. The van der Waals surface area contributed by atoms with Gasteiger partial charge in [-0.1, -0.05) is 18.2 Å². The Labute approximate surface area is 116 Å². The van der Waals surface area contributed by atoms with E-state index in [2.05, 4.69) is 9.64 Å². The van der Waals surface area contributed by atoms with Gasteiger partial charge in [0, 0.05) is 36.7 Å². The minimum absolute atomic E-state index is 0.0594. The van der Waals surface area contributed by atoms with Crippen molar-refractivity contribution < 1.29 is 13.5 Å². The van der Waals surface area contributed by atoms with Gasteiger partial charge in [0.15, 0.2) is 0 Å². The highest BCUT2D eigenvalue weighted by molar-refractivity contribution is 7.99. The van der Waals surface area contributed by atoms with Gasteiger partial charge in [-0.15, -0.1) is 0 Å². The average molecular weight is 288 g/mol. The Morgan fingerprint density at radius 2 is 1.95 bits per heavy atom. The van der Waals surface area contributed by atoms with Gasteiger partial charge in [0.05, 0.1) is 6.04 Å². The van der Waals surface area contributed by atoms with Gasteiger partial charge < -0.3 is 10.5 Å². The monoisotopic (exact) mass is 288 g/mol. The predicted molar refractivity (Wildman–Crippen MR) is 73.8 cm³/mol. The lowest BCUT2D eigenvalue weighted by atomic mass is 10.0. The Morgan fingerprint density at radius 1 is 1.26 bits per heavy atom. The van der Waals surface area contributed by atoms with E-state index in [-0.39, 0.29) is 11.8 Å². The number of thioether (sulfide) groups is 1. The SMILES string of the molecule is NCC(c1ccccc1OC(F)F)N1CCSCC1. The van der Waals surface area contributed by atoms with Crippen molar-refractivity contribution in [2.45, 2.75) is 12.7 Å². The highest BCUT2D eigenvalue weighted by atomic mass is 32.2. The number of nitrogens with two attached hydrogens (primary N) is 1. The maximum atomic E-state index is 12.4. The molecule has 3 nitrogen and oxygen atoms in total. The summed E-state index contributed by atoms with van der Waals surface area (Å²) in [5.74, 6) is 2.33. The van der Waals surface area contributed by atoms with Crippen molar-refractivity contribution in [3.05, 3.63) is 29.8 Å². The molecule has 0 saturated carbocycles. The number of ether oxygens (including phenoxy) is 1. The number of halogens is 2. The molecule has 2 rings (SSSR count). The molecule has 0 amide bonds. The summed E-state index contributed by atoms with van der Waals surface area (Å²) < 4.78 is 29.5. The molecule has 0 bridgehead atoms. The maximum Gasteiger partial charge on any atom is 0.387 e. The molecule has 1 atom stereocenters. The maximum absolute atomic E-state index is 12.4. The van der Waals surface area contributed by atoms with Crippen LogP contribution >= 0.6 is 11.8 Å². The summed E-state index contributed by atoms with van der Waals surface area (Å²) in [4.78, 5) is 2.24. The zero-order valence-electron chi connectivity index (χ0n) is 10.6. The first kappa shape index (κ1) is 14.6. The molecule has 1 aliphatic rings. The minimum Gasteiger partial charge on any atom is -0.434 e. The summed E-state index contributed by atoms with van der Waals surface area (Å²) in [6.07, 6.45) is 0. The standard InChI is InChI=1S/C13H18F2N2OS/c14-13(15)18-12-4-2-1-3-10(12)11(9-16)17-5-7-19-8-6-17/h1-4,11,13H,5-9,16H2.